The molecule has 0 aromatic heterocycles. The lowest BCUT2D eigenvalue weighted by Crippen LogP contribution is -2.40. The van der Waals surface area contributed by atoms with Gasteiger partial charge >= 0.3 is 12.1 Å². The Morgan fingerprint density at radius 1 is 1.17 bits per heavy atom. The molecule has 0 saturated carbocycles. The maximum absolute atomic E-state index is 12.0. The summed E-state index contributed by atoms with van der Waals surface area (Å²) < 4.78 is 10.3. The number of hydrogen-bond acceptors (Lipinski definition) is 4. The van der Waals surface area contributed by atoms with Crippen molar-refractivity contribution in [3.05, 3.63) is 35.4 Å². The first kappa shape index (κ1) is 20.0. The summed E-state index contributed by atoms with van der Waals surface area (Å²) in [7, 11) is 0. The number of hydrogen-bond donors (Lipinski definition) is 1. The molecule has 1 N–H and O–H groups in total. The minimum absolute atomic E-state index is 0.138. The van der Waals surface area contributed by atoms with Gasteiger partial charge in [0.05, 0.1) is 13.0 Å². The van der Waals surface area contributed by atoms with Gasteiger partial charge in [0, 0.05) is 6.04 Å². The molecular weight excluding hydrogens is 306 g/mol. The number of rotatable bonds is 7. The molecule has 0 radical (unpaired) electrons. The van der Waals surface area contributed by atoms with Crippen LogP contribution in [0.25, 0.3) is 0 Å². The molecule has 1 aromatic carbocycles. The molecule has 0 fully saturated rings. The zero-order valence-electron chi connectivity index (χ0n) is 15.3. The fraction of sp³-hybridized carbons (Fsp3) is 0.579. The third kappa shape index (κ3) is 8.56. The third-order valence-electron chi connectivity index (χ3n) is 3.34. The molecule has 0 bridgehead atoms. The number of amides is 1. The van der Waals surface area contributed by atoms with Gasteiger partial charge in [-0.05, 0) is 53.0 Å². The van der Waals surface area contributed by atoms with Crippen molar-refractivity contribution in [3.8, 4) is 0 Å². The van der Waals surface area contributed by atoms with Crippen molar-refractivity contribution >= 4 is 12.1 Å². The van der Waals surface area contributed by atoms with Crippen LogP contribution in [-0.2, 0) is 20.7 Å². The van der Waals surface area contributed by atoms with Crippen molar-refractivity contribution in [2.45, 2.75) is 65.5 Å². The average Bonchev–Trinajstić information content (AvgIpc) is 2.44. The van der Waals surface area contributed by atoms with E-state index in [1.807, 2.05) is 6.92 Å². The van der Waals surface area contributed by atoms with E-state index in [9.17, 15) is 9.59 Å². The van der Waals surface area contributed by atoms with Gasteiger partial charge < -0.3 is 14.8 Å². The smallest absolute Gasteiger partial charge is 0.407 e. The molecule has 0 aliphatic rings. The highest BCUT2D eigenvalue weighted by atomic mass is 16.6. The van der Waals surface area contributed by atoms with E-state index in [0.29, 0.717) is 13.0 Å². The lowest BCUT2D eigenvalue weighted by molar-refractivity contribution is -0.143. The van der Waals surface area contributed by atoms with Crippen molar-refractivity contribution in [1.29, 1.82) is 0 Å². The van der Waals surface area contributed by atoms with Gasteiger partial charge in [0.25, 0.3) is 0 Å². The van der Waals surface area contributed by atoms with Gasteiger partial charge in [-0.25, -0.2) is 4.79 Å². The topological polar surface area (TPSA) is 64.6 Å². The number of nitrogens with one attached hydrogen (secondary N) is 1. The highest BCUT2D eigenvalue weighted by Crippen LogP contribution is 2.12. The Labute approximate surface area is 144 Å². The van der Waals surface area contributed by atoms with Crippen LogP contribution in [0, 0.1) is 6.92 Å². The number of carbonyl (C=O) groups is 2. The van der Waals surface area contributed by atoms with E-state index in [-0.39, 0.29) is 18.4 Å². The highest BCUT2D eigenvalue weighted by molar-refractivity contribution is 5.72. The number of esters is 1. The van der Waals surface area contributed by atoms with Crippen molar-refractivity contribution in [2.75, 3.05) is 6.61 Å². The zero-order chi connectivity index (χ0) is 18.2. The Bertz CT molecular complexity index is 531. The molecule has 0 saturated heterocycles. The summed E-state index contributed by atoms with van der Waals surface area (Å²) in [6.45, 7) is 9.55. The van der Waals surface area contributed by atoms with Crippen LogP contribution in [0.4, 0.5) is 4.79 Å². The maximum Gasteiger partial charge on any atom is 0.407 e. The lowest BCUT2D eigenvalue weighted by atomic mass is 10.0. The molecule has 1 unspecified atom stereocenters. The van der Waals surface area contributed by atoms with E-state index in [4.69, 9.17) is 9.47 Å². The largest absolute Gasteiger partial charge is 0.466 e. The first-order chi connectivity index (χ1) is 11.2. The molecule has 0 spiro atoms. The molecular formula is C19H29NO4. The zero-order valence-corrected chi connectivity index (χ0v) is 15.3. The Balaban J connectivity index is 2.64. The van der Waals surface area contributed by atoms with Gasteiger partial charge in [-0.15, -0.1) is 0 Å². The van der Waals surface area contributed by atoms with Crippen LogP contribution in [0.2, 0.25) is 0 Å². The minimum Gasteiger partial charge on any atom is -0.466 e. The van der Waals surface area contributed by atoms with Crippen LogP contribution in [0.5, 0.6) is 0 Å². The minimum atomic E-state index is -0.574. The predicted molar refractivity (Wildman–Crippen MR) is 93.9 cm³/mol. The first-order valence-corrected chi connectivity index (χ1v) is 8.40. The summed E-state index contributed by atoms with van der Waals surface area (Å²) in [5.74, 6) is -0.317. The van der Waals surface area contributed by atoms with Crippen LogP contribution in [-0.4, -0.2) is 30.3 Å². The van der Waals surface area contributed by atoms with Crippen LogP contribution in [0.15, 0.2) is 24.3 Å². The Hall–Kier alpha value is -2.04. The molecule has 1 rings (SSSR count). The van der Waals surface area contributed by atoms with Crippen molar-refractivity contribution in [1.82, 2.24) is 5.32 Å². The summed E-state index contributed by atoms with van der Waals surface area (Å²) >= 11 is 0. The lowest BCUT2D eigenvalue weighted by Gasteiger charge is -2.23. The van der Waals surface area contributed by atoms with Crippen LogP contribution in [0.1, 0.15) is 51.7 Å². The van der Waals surface area contributed by atoms with Gasteiger partial charge in [-0.3, -0.25) is 4.79 Å². The standard InChI is InChI=1S/C19H29NO4/c1-6-23-17(21)13-16(20-18(22)24-19(3,4)5)12-11-15-9-7-14(2)8-10-15/h7-10,16H,6,11-13H2,1-5H3,(H,20,22). The molecule has 1 amide bonds. The number of aryl methyl sites for hydroxylation is 2. The molecule has 24 heavy (non-hydrogen) atoms. The summed E-state index contributed by atoms with van der Waals surface area (Å²) in [6.07, 6.45) is 1.03. The fourth-order valence-electron chi connectivity index (χ4n) is 2.22. The van der Waals surface area contributed by atoms with Crippen molar-refractivity contribution < 1.29 is 19.1 Å². The quantitative estimate of drug-likeness (QED) is 0.770. The Morgan fingerprint density at radius 2 is 1.79 bits per heavy atom. The van der Waals surface area contributed by atoms with Gasteiger partial charge in [0.15, 0.2) is 0 Å². The van der Waals surface area contributed by atoms with Crippen LogP contribution >= 0.6 is 0 Å². The van der Waals surface area contributed by atoms with E-state index < -0.39 is 11.7 Å². The molecule has 5 heteroatoms. The number of benzene rings is 1. The summed E-state index contributed by atoms with van der Waals surface area (Å²) in [5, 5.41) is 2.78. The van der Waals surface area contributed by atoms with Crippen molar-refractivity contribution in [3.63, 3.8) is 0 Å². The second kappa shape index (κ2) is 9.30. The molecule has 1 aromatic rings. The van der Waals surface area contributed by atoms with Gasteiger partial charge in [-0.1, -0.05) is 29.8 Å². The van der Waals surface area contributed by atoms with Gasteiger partial charge in [0.1, 0.15) is 5.60 Å². The second-order valence-corrected chi connectivity index (χ2v) is 6.88. The Morgan fingerprint density at radius 3 is 2.33 bits per heavy atom. The van der Waals surface area contributed by atoms with E-state index in [1.54, 1.807) is 27.7 Å². The molecule has 1 atom stereocenters. The first-order valence-electron chi connectivity index (χ1n) is 8.40. The average molecular weight is 335 g/mol. The van der Waals surface area contributed by atoms with Crippen LogP contribution in [0.3, 0.4) is 0 Å². The third-order valence-corrected chi connectivity index (χ3v) is 3.34. The molecule has 0 heterocycles. The van der Waals surface area contributed by atoms with Gasteiger partial charge in [0.2, 0.25) is 0 Å². The summed E-state index contributed by atoms with van der Waals surface area (Å²) in [6, 6.07) is 7.91. The van der Waals surface area contributed by atoms with Crippen molar-refractivity contribution in [2.24, 2.45) is 0 Å². The predicted octanol–water partition coefficient (Wildman–Crippen LogP) is 3.77. The summed E-state index contributed by atoms with van der Waals surface area (Å²) in [4.78, 5) is 23.7. The normalized spacial score (nSPS) is 12.4. The highest BCUT2D eigenvalue weighted by Gasteiger charge is 2.21. The SMILES string of the molecule is CCOC(=O)CC(CCc1ccc(C)cc1)NC(=O)OC(C)(C)C. The molecule has 134 valence electrons. The van der Waals surface area contributed by atoms with E-state index in [1.165, 1.54) is 11.1 Å². The monoisotopic (exact) mass is 335 g/mol. The second-order valence-electron chi connectivity index (χ2n) is 6.88. The molecule has 0 aliphatic carbocycles. The molecule has 5 nitrogen and oxygen atoms in total. The number of carbonyl (C=O) groups excluding carboxylic acids is 2. The van der Waals surface area contributed by atoms with Crippen LogP contribution < -0.4 is 5.32 Å². The van der Waals surface area contributed by atoms with E-state index in [2.05, 4.69) is 29.6 Å². The maximum atomic E-state index is 12.0. The van der Waals surface area contributed by atoms with E-state index in [0.717, 1.165) is 6.42 Å². The molecule has 0 aliphatic heterocycles. The number of ether oxygens (including phenoxy) is 2. The fourth-order valence-corrected chi connectivity index (χ4v) is 2.22. The number of alkyl carbamates (subject to hydrolysis) is 1. The Kier molecular flexibility index (Phi) is 7.75. The summed E-state index contributed by atoms with van der Waals surface area (Å²) in [5.41, 5.74) is 1.80. The van der Waals surface area contributed by atoms with E-state index >= 15 is 0 Å². The van der Waals surface area contributed by atoms with Gasteiger partial charge in [-0.2, -0.15) is 0 Å².